The number of carbonyl (C=O) groups is 1. The van der Waals surface area contributed by atoms with Gasteiger partial charge in [-0.15, -0.1) is 0 Å². The Kier molecular flexibility index (Phi) is 3.74. The van der Waals surface area contributed by atoms with Gasteiger partial charge in [0.05, 0.1) is 11.1 Å². The number of pyridine rings is 1. The quantitative estimate of drug-likeness (QED) is 0.755. The van der Waals surface area contributed by atoms with Crippen LogP contribution in [0.2, 0.25) is 0 Å². The number of benzene rings is 2. The number of fused-ring (bicyclic) bond motifs is 1. The average Bonchev–Trinajstić information content (AvgIpc) is 2.55. The van der Waals surface area contributed by atoms with E-state index in [-0.39, 0.29) is 5.56 Å². The molecule has 3 aromatic rings. The molecule has 0 radical (unpaired) electrons. The summed E-state index contributed by atoms with van der Waals surface area (Å²) >= 11 is 0. The molecule has 4 heteroatoms. The SMILES string of the molecule is CCc1ccc2nccc(Nc3ccc(C(=O)O)cc3)c2c1. The number of carboxylic acids is 1. The first-order chi connectivity index (χ1) is 10.7. The number of hydrogen-bond acceptors (Lipinski definition) is 3. The maximum absolute atomic E-state index is 10.9. The van der Waals surface area contributed by atoms with Crippen LogP contribution in [0.3, 0.4) is 0 Å². The number of nitrogens with one attached hydrogen (secondary N) is 1. The Morgan fingerprint density at radius 1 is 1.14 bits per heavy atom. The summed E-state index contributed by atoms with van der Waals surface area (Å²) in [7, 11) is 0. The number of aromatic carboxylic acids is 1. The van der Waals surface area contributed by atoms with Gasteiger partial charge >= 0.3 is 5.97 Å². The number of rotatable bonds is 4. The molecule has 0 saturated heterocycles. The smallest absolute Gasteiger partial charge is 0.335 e. The largest absolute Gasteiger partial charge is 0.478 e. The van der Waals surface area contributed by atoms with Crippen LogP contribution in [0.5, 0.6) is 0 Å². The van der Waals surface area contributed by atoms with E-state index >= 15 is 0 Å². The molecule has 0 unspecified atom stereocenters. The van der Waals surface area contributed by atoms with Crippen LogP contribution >= 0.6 is 0 Å². The fourth-order valence-corrected chi connectivity index (χ4v) is 2.37. The molecule has 2 N–H and O–H groups in total. The van der Waals surface area contributed by atoms with Gasteiger partial charge in [0, 0.05) is 23.0 Å². The molecule has 0 aliphatic rings. The zero-order valence-corrected chi connectivity index (χ0v) is 12.2. The van der Waals surface area contributed by atoms with Gasteiger partial charge in [-0.1, -0.05) is 13.0 Å². The van der Waals surface area contributed by atoms with Gasteiger partial charge in [0.2, 0.25) is 0 Å². The second kappa shape index (κ2) is 5.85. The van der Waals surface area contributed by atoms with E-state index in [1.807, 2.05) is 12.1 Å². The Morgan fingerprint density at radius 2 is 1.91 bits per heavy atom. The Balaban J connectivity index is 1.97. The third-order valence-electron chi connectivity index (χ3n) is 3.63. The maximum Gasteiger partial charge on any atom is 0.335 e. The molecular formula is C18H16N2O2. The third kappa shape index (κ3) is 2.76. The predicted octanol–water partition coefficient (Wildman–Crippen LogP) is 4.24. The third-order valence-corrected chi connectivity index (χ3v) is 3.63. The molecule has 4 nitrogen and oxygen atoms in total. The Morgan fingerprint density at radius 3 is 2.59 bits per heavy atom. The van der Waals surface area contributed by atoms with Gasteiger partial charge in [-0.2, -0.15) is 0 Å². The molecular weight excluding hydrogens is 276 g/mol. The lowest BCUT2D eigenvalue weighted by atomic mass is 10.1. The van der Waals surface area contributed by atoms with Crippen molar-refractivity contribution >= 4 is 28.2 Å². The minimum atomic E-state index is -0.923. The summed E-state index contributed by atoms with van der Waals surface area (Å²) in [6, 6.07) is 14.9. The highest BCUT2D eigenvalue weighted by Crippen LogP contribution is 2.26. The van der Waals surface area contributed by atoms with E-state index in [4.69, 9.17) is 5.11 Å². The first kappa shape index (κ1) is 14.1. The number of aryl methyl sites for hydroxylation is 1. The summed E-state index contributed by atoms with van der Waals surface area (Å²) in [5.74, 6) is -0.923. The van der Waals surface area contributed by atoms with Crippen LogP contribution in [-0.4, -0.2) is 16.1 Å². The van der Waals surface area contributed by atoms with Crippen molar-refractivity contribution < 1.29 is 9.90 Å². The molecule has 0 fully saturated rings. The summed E-state index contributed by atoms with van der Waals surface area (Å²) in [4.78, 5) is 15.3. The molecule has 3 rings (SSSR count). The molecule has 0 amide bonds. The van der Waals surface area contributed by atoms with E-state index in [0.29, 0.717) is 0 Å². The number of anilines is 2. The lowest BCUT2D eigenvalue weighted by Gasteiger charge is -2.10. The first-order valence-corrected chi connectivity index (χ1v) is 7.15. The summed E-state index contributed by atoms with van der Waals surface area (Å²) in [5.41, 5.74) is 4.27. The van der Waals surface area contributed by atoms with E-state index < -0.39 is 5.97 Å². The Labute approximate surface area is 128 Å². The number of hydrogen-bond donors (Lipinski definition) is 2. The van der Waals surface area contributed by atoms with Crippen LogP contribution in [0, 0.1) is 0 Å². The molecule has 0 saturated carbocycles. The van der Waals surface area contributed by atoms with Crippen LogP contribution in [0.25, 0.3) is 10.9 Å². The maximum atomic E-state index is 10.9. The lowest BCUT2D eigenvalue weighted by Crippen LogP contribution is -1.97. The molecule has 110 valence electrons. The van der Waals surface area contributed by atoms with E-state index in [9.17, 15) is 4.79 Å². The van der Waals surface area contributed by atoms with Crippen molar-refractivity contribution in [3.05, 3.63) is 65.9 Å². The summed E-state index contributed by atoms with van der Waals surface area (Å²) in [6.45, 7) is 2.12. The molecule has 0 aliphatic carbocycles. The standard InChI is InChI=1S/C18H16N2O2/c1-2-12-3-8-16-15(11-12)17(9-10-19-16)20-14-6-4-13(5-7-14)18(21)22/h3-11H,2H2,1H3,(H,19,20)(H,21,22). The molecule has 2 aromatic carbocycles. The second-order valence-electron chi connectivity index (χ2n) is 5.07. The van der Waals surface area contributed by atoms with Gasteiger partial charge in [-0.05, 0) is 54.4 Å². The minimum absolute atomic E-state index is 0.276. The van der Waals surface area contributed by atoms with Crippen molar-refractivity contribution in [2.75, 3.05) is 5.32 Å². The van der Waals surface area contributed by atoms with Crippen molar-refractivity contribution in [2.24, 2.45) is 0 Å². The second-order valence-corrected chi connectivity index (χ2v) is 5.07. The highest BCUT2D eigenvalue weighted by Gasteiger charge is 2.05. The summed E-state index contributed by atoms with van der Waals surface area (Å²) in [6.07, 6.45) is 2.74. The molecule has 0 atom stereocenters. The fourth-order valence-electron chi connectivity index (χ4n) is 2.37. The van der Waals surface area contributed by atoms with Gasteiger partial charge in [0.15, 0.2) is 0 Å². The van der Waals surface area contributed by atoms with Crippen LogP contribution in [0.15, 0.2) is 54.7 Å². The van der Waals surface area contributed by atoms with Crippen molar-refractivity contribution in [2.45, 2.75) is 13.3 Å². The van der Waals surface area contributed by atoms with E-state index in [1.165, 1.54) is 5.56 Å². The zero-order valence-electron chi connectivity index (χ0n) is 12.2. The van der Waals surface area contributed by atoms with Gasteiger partial charge < -0.3 is 10.4 Å². The van der Waals surface area contributed by atoms with Crippen LogP contribution in [0.4, 0.5) is 11.4 Å². The van der Waals surface area contributed by atoms with Crippen molar-refractivity contribution in [3.8, 4) is 0 Å². The van der Waals surface area contributed by atoms with E-state index in [0.717, 1.165) is 28.7 Å². The molecule has 0 spiro atoms. The van der Waals surface area contributed by atoms with Crippen molar-refractivity contribution in [3.63, 3.8) is 0 Å². The predicted molar refractivity (Wildman–Crippen MR) is 87.8 cm³/mol. The lowest BCUT2D eigenvalue weighted by molar-refractivity contribution is 0.0697. The summed E-state index contributed by atoms with van der Waals surface area (Å²) < 4.78 is 0. The molecule has 1 heterocycles. The number of aromatic nitrogens is 1. The molecule has 1 aromatic heterocycles. The zero-order chi connectivity index (χ0) is 15.5. The number of carboxylic acid groups (broad SMARTS) is 1. The van der Waals surface area contributed by atoms with Gasteiger partial charge in [0.1, 0.15) is 0 Å². The normalized spacial score (nSPS) is 10.6. The molecule has 22 heavy (non-hydrogen) atoms. The van der Waals surface area contributed by atoms with E-state index in [2.05, 4.69) is 29.4 Å². The Hall–Kier alpha value is -2.88. The van der Waals surface area contributed by atoms with Gasteiger partial charge in [-0.3, -0.25) is 4.98 Å². The fraction of sp³-hybridized carbons (Fsp3) is 0.111. The van der Waals surface area contributed by atoms with Crippen molar-refractivity contribution in [1.29, 1.82) is 0 Å². The van der Waals surface area contributed by atoms with Crippen LogP contribution in [-0.2, 0) is 6.42 Å². The van der Waals surface area contributed by atoms with Crippen molar-refractivity contribution in [1.82, 2.24) is 4.98 Å². The van der Waals surface area contributed by atoms with Gasteiger partial charge in [0.25, 0.3) is 0 Å². The van der Waals surface area contributed by atoms with E-state index in [1.54, 1.807) is 30.5 Å². The minimum Gasteiger partial charge on any atom is -0.478 e. The van der Waals surface area contributed by atoms with Gasteiger partial charge in [-0.25, -0.2) is 4.79 Å². The van der Waals surface area contributed by atoms with Crippen LogP contribution in [0.1, 0.15) is 22.8 Å². The average molecular weight is 292 g/mol. The topological polar surface area (TPSA) is 62.2 Å². The molecule has 0 bridgehead atoms. The highest BCUT2D eigenvalue weighted by molar-refractivity contribution is 5.93. The number of nitrogens with zero attached hydrogens (tertiary/aromatic N) is 1. The summed E-state index contributed by atoms with van der Waals surface area (Å²) in [5, 5.41) is 13.3. The highest BCUT2D eigenvalue weighted by atomic mass is 16.4. The first-order valence-electron chi connectivity index (χ1n) is 7.15. The van der Waals surface area contributed by atoms with Crippen LogP contribution < -0.4 is 5.32 Å². The monoisotopic (exact) mass is 292 g/mol. The molecule has 0 aliphatic heterocycles. The Bertz CT molecular complexity index is 826.